The van der Waals surface area contributed by atoms with Crippen molar-refractivity contribution in [1.29, 1.82) is 0 Å². The van der Waals surface area contributed by atoms with Gasteiger partial charge >= 0.3 is 0 Å². The summed E-state index contributed by atoms with van der Waals surface area (Å²) in [6.07, 6.45) is 1.76. The maximum atomic E-state index is 12.8. The summed E-state index contributed by atoms with van der Waals surface area (Å²) in [6, 6.07) is 7.29. The molecule has 2 fully saturated rings. The number of benzene rings is 1. The molecule has 122 valence electrons. The van der Waals surface area contributed by atoms with Crippen LogP contribution in [0.4, 0.5) is 0 Å². The van der Waals surface area contributed by atoms with Crippen LogP contribution in [0.2, 0.25) is 0 Å². The van der Waals surface area contributed by atoms with Crippen LogP contribution in [0.15, 0.2) is 24.3 Å². The van der Waals surface area contributed by atoms with Gasteiger partial charge in [-0.25, -0.2) is 0 Å². The Balaban J connectivity index is 0.00000176. The molecular weight excluding hydrogens is 304 g/mol. The van der Waals surface area contributed by atoms with E-state index in [1.165, 1.54) is 0 Å². The molecule has 0 aromatic heterocycles. The van der Waals surface area contributed by atoms with Crippen LogP contribution in [0.3, 0.4) is 0 Å². The molecule has 0 aliphatic carbocycles. The van der Waals surface area contributed by atoms with E-state index in [0.29, 0.717) is 18.7 Å². The van der Waals surface area contributed by atoms with E-state index in [0.717, 1.165) is 31.7 Å². The summed E-state index contributed by atoms with van der Waals surface area (Å²) >= 11 is 0. The number of hydrogen-bond acceptors (Lipinski definition) is 4. The van der Waals surface area contributed by atoms with Crippen molar-refractivity contribution in [2.45, 2.75) is 18.6 Å². The van der Waals surface area contributed by atoms with Crippen LogP contribution >= 0.6 is 12.4 Å². The summed E-state index contributed by atoms with van der Waals surface area (Å²) in [6.45, 7) is 3.24. The lowest BCUT2D eigenvalue weighted by Gasteiger charge is -2.42. The average Bonchev–Trinajstić information content (AvgIpc) is 2.93. The van der Waals surface area contributed by atoms with Gasteiger partial charge in [0.2, 0.25) is 0 Å². The second-order valence-corrected chi connectivity index (χ2v) is 5.78. The first-order valence-electron chi connectivity index (χ1n) is 7.43. The fourth-order valence-electron chi connectivity index (χ4n) is 3.17. The topological polar surface area (TPSA) is 42.0 Å². The molecule has 0 unspecified atom stereocenters. The Kier molecular flexibility index (Phi) is 5.32. The molecule has 1 aromatic rings. The number of piperidine rings is 1. The molecule has 1 amide bonds. The second kappa shape index (κ2) is 6.86. The van der Waals surface area contributed by atoms with Crippen molar-refractivity contribution in [1.82, 2.24) is 9.80 Å². The lowest BCUT2D eigenvalue weighted by Crippen LogP contribution is -2.54. The predicted octanol–water partition coefficient (Wildman–Crippen LogP) is 2.01. The molecule has 0 atom stereocenters. The lowest BCUT2D eigenvalue weighted by molar-refractivity contribution is -0.102. The maximum Gasteiger partial charge on any atom is 0.256 e. The minimum absolute atomic E-state index is 0. The molecule has 0 N–H and O–H groups in total. The second-order valence-electron chi connectivity index (χ2n) is 5.78. The Bertz CT molecular complexity index is 513. The molecule has 1 aromatic carbocycles. The molecule has 3 rings (SSSR count). The van der Waals surface area contributed by atoms with Crippen LogP contribution in [0, 0.1) is 0 Å². The van der Waals surface area contributed by atoms with Gasteiger partial charge in [0, 0.05) is 38.0 Å². The number of ether oxygens (including phenoxy) is 2. The van der Waals surface area contributed by atoms with Gasteiger partial charge in [0.15, 0.2) is 0 Å². The number of carbonyl (C=O) groups excluding carboxylic acids is 1. The molecule has 0 saturated carbocycles. The van der Waals surface area contributed by atoms with E-state index in [1.807, 2.05) is 29.2 Å². The van der Waals surface area contributed by atoms with E-state index in [2.05, 4.69) is 11.9 Å². The van der Waals surface area contributed by atoms with Gasteiger partial charge in [-0.1, -0.05) is 0 Å². The number of halogens is 1. The van der Waals surface area contributed by atoms with Gasteiger partial charge in [-0.15, -0.1) is 12.4 Å². The molecule has 2 saturated heterocycles. The first-order chi connectivity index (χ1) is 10.1. The van der Waals surface area contributed by atoms with Gasteiger partial charge in [-0.3, -0.25) is 4.79 Å². The summed E-state index contributed by atoms with van der Waals surface area (Å²) in [5.41, 5.74) is 0.295. The number of methoxy groups -OCH3 is 1. The zero-order valence-corrected chi connectivity index (χ0v) is 13.9. The van der Waals surface area contributed by atoms with Crippen LogP contribution in [-0.4, -0.2) is 61.8 Å². The van der Waals surface area contributed by atoms with E-state index in [4.69, 9.17) is 9.47 Å². The molecule has 2 aliphatic heterocycles. The zero-order chi connectivity index (χ0) is 14.9. The fourth-order valence-corrected chi connectivity index (χ4v) is 3.17. The number of likely N-dealkylation sites (tertiary alicyclic amines) is 1. The highest BCUT2D eigenvalue weighted by Crippen LogP contribution is 2.35. The highest BCUT2D eigenvalue weighted by atomic mass is 35.5. The molecule has 5 nitrogen and oxygen atoms in total. The van der Waals surface area contributed by atoms with Crippen LogP contribution < -0.4 is 4.74 Å². The van der Waals surface area contributed by atoms with Gasteiger partial charge in [0.25, 0.3) is 5.91 Å². The summed E-state index contributed by atoms with van der Waals surface area (Å²) in [5, 5.41) is 0. The van der Waals surface area contributed by atoms with Gasteiger partial charge in [-0.2, -0.15) is 0 Å². The van der Waals surface area contributed by atoms with Gasteiger partial charge < -0.3 is 19.3 Å². The standard InChI is InChI=1S/C16H22N2O3.ClH/c1-17-9-7-16(8-10-17)18(11-12-21-16)15(19)13-3-5-14(20-2)6-4-13;/h3-6H,7-12H2,1-2H3;1H. The van der Waals surface area contributed by atoms with Crippen LogP contribution in [0.5, 0.6) is 5.75 Å². The third-order valence-electron chi connectivity index (χ3n) is 4.53. The van der Waals surface area contributed by atoms with Gasteiger partial charge in [-0.05, 0) is 31.3 Å². The summed E-state index contributed by atoms with van der Waals surface area (Å²) < 4.78 is 11.1. The highest BCUT2D eigenvalue weighted by molar-refractivity contribution is 5.95. The van der Waals surface area contributed by atoms with Crippen molar-refractivity contribution in [2.24, 2.45) is 0 Å². The molecule has 6 heteroatoms. The summed E-state index contributed by atoms with van der Waals surface area (Å²) in [7, 11) is 3.73. The van der Waals surface area contributed by atoms with Crippen molar-refractivity contribution < 1.29 is 14.3 Å². The van der Waals surface area contributed by atoms with Crippen LogP contribution in [0.25, 0.3) is 0 Å². The van der Waals surface area contributed by atoms with E-state index < -0.39 is 5.72 Å². The minimum Gasteiger partial charge on any atom is -0.497 e. The first-order valence-corrected chi connectivity index (χ1v) is 7.43. The third-order valence-corrected chi connectivity index (χ3v) is 4.53. The van der Waals surface area contributed by atoms with E-state index in [-0.39, 0.29) is 18.3 Å². The number of amides is 1. The SMILES string of the molecule is COc1ccc(C(=O)N2CCOC23CCN(C)CC3)cc1.Cl. The molecule has 2 aliphatic rings. The number of nitrogens with zero attached hydrogens (tertiary/aromatic N) is 2. The Morgan fingerprint density at radius 2 is 1.82 bits per heavy atom. The largest absolute Gasteiger partial charge is 0.497 e. The predicted molar refractivity (Wildman–Crippen MR) is 86.7 cm³/mol. The first kappa shape index (κ1) is 17.1. The van der Waals surface area contributed by atoms with E-state index in [9.17, 15) is 4.79 Å². The van der Waals surface area contributed by atoms with Crippen LogP contribution in [0.1, 0.15) is 23.2 Å². The molecule has 1 spiro atoms. The smallest absolute Gasteiger partial charge is 0.256 e. The molecule has 22 heavy (non-hydrogen) atoms. The molecule has 0 radical (unpaired) electrons. The Morgan fingerprint density at radius 1 is 1.18 bits per heavy atom. The van der Waals surface area contributed by atoms with Crippen molar-refractivity contribution >= 4 is 18.3 Å². The quantitative estimate of drug-likeness (QED) is 0.834. The average molecular weight is 327 g/mol. The van der Waals surface area contributed by atoms with Crippen molar-refractivity contribution in [3.63, 3.8) is 0 Å². The normalized spacial score (nSPS) is 20.7. The molecule has 0 bridgehead atoms. The third kappa shape index (κ3) is 3.07. The molecular formula is C16H23ClN2O3. The summed E-state index contributed by atoms with van der Waals surface area (Å²) in [5.74, 6) is 0.818. The minimum atomic E-state index is -0.399. The lowest BCUT2D eigenvalue weighted by atomic mass is 9.98. The molecule has 2 heterocycles. The van der Waals surface area contributed by atoms with Crippen LogP contribution in [-0.2, 0) is 4.74 Å². The number of hydrogen-bond donors (Lipinski definition) is 0. The monoisotopic (exact) mass is 326 g/mol. The van der Waals surface area contributed by atoms with Crippen molar-refractivity contribution in [3.8, 4) is 5.75 Å². The zero-order valence-electron chi connectivity index (χ0n) is 13.1. The Labute approximate surface area is 137 Å². The van der Waals surface area contributed by atoms with Gasteiger partial charge in [0.1, 0.15) is 11.5 Å². The maximum absolute atomic E-state index is 12.8. The van der Waals surface area contributed by atoms with Crippen molar-refractivity contribution in [2.75, 3.05) is 40.4 Å². The number of rotatable bonds is 2. The Hall–Kier alpha value is -1.30. The highest BCUT2D eigenvalue weighted by Gasteiger charge is 2.46. The van der Waals surface area contributed by atoms with Crippen molar-refractivity contribution in [3.05, 3.63) is 29.8 Å². The fraction of sp³-hybridized carbons (Fsp3) is 0.562. The Morgan fingerprint density at radius 3 is 2.41 bits per heavy atom. The van der Waals surface area contributed by atoms with Gasteiger partial charge in [0.05, 0.1) is 13.7 Å². The van der Waals surface area contributed by atoms with E-state index >= 15 is 0 Å². The summed E-state index contributed by atoms with van der Waals surface area (Å²) in [4.78, 5) is 17.0. The number of carbonyl (C=O) groups is 1. The van der Waals surface area contributed by atoms with E-state index in [1.54, 1.807) is 7.11 Å².